The number of anilines is 1. The number of piperazine rings is 1. The van der Waals surface area contributed by atoms with Crippen LogP contribution < -0.4 is 9.64 Å². The highest BCUT2D eigenvalue weighted by Gasteiger charge is 2.23. The Morgan fingerprint density at radius 2 is 1.73 bits per heavy atom. The van der Waals surface area contributed by atoms with Gasteiger partial charge in [-0.3, -0.25) is 4.90 Å². The summed E-state index contributed by atoms with van der Waals surface area (Å²) in [5.74, 6) is -0.462. The smallest absolute Gasteiger partial charge is 0.339 e. The predicted octanol–water partition coefficient (Wildman–Crippen LogP) is 2.98. The molecule has 0 saturated carbocycles. The van der Waals surface area contributed by atoms with Crippen LogP contribution in [0.1, 0.15) is 28.9 Å². The minimum absolute atomic E-state index is 0.0588. The number of phenols is 1. The molecule has 1 saturated heterocycles. The third-order valence-electron chi connectivity index (χ3n) is 5.04. The van der Waals surface area contributed by atoms with E-state index in [2.05, 4.69) is 28.9 Å². The molecule has 26 heavy (non-hydrogen) atoms. The van der Waals surface area contributed by atoms with Crippen molar-refractivity contribution in [3.63, 3.8) is 0 Å². The van der Waals surface area contributed by atoms with Gasteiger partial charge in [-0.2, -0.15) is 0 Å². The van der Waals surface area contributed by atoms with E-state index in [0.717, 1.165) is 37.6 Å². The van der Waals surface area contributed by atoms with E-state index in [-0.39, 0.29) is 11.3 Å². The number of carboxylic acids is 1. The zero-order valence-electron chi connectivity index (χ0n) is 15.1. The van der Waals surface area contributed by atoms with E-state index < -0.39 is 5.97 Å². The lowest BCUT2D eigenvalue weighted by molar-refractivity contribution is 0.0693. The molecule has 1 heterocycles. The lowest BCUT2D eigenvalue weighted by Crippen LogP contribution is -2.47. The molecule has 6 nitrogen and oxygen atoms in total. The van der Waals surface area contributed by atoms with Gasteiger partial charge in [0.2, 0.25) is 0 Å². The number of nitrogens with zero attached hydrogens (tertiary/aromatic N) is 2. The molecular weight excluding hydrogens is 332 g/mol. The molecule has 1 fully saturated rings. The largest absolute Gasteiger partial charge is 0.507 e. The molecule has 0 aromatic heterocycles. The predicted molar refractivity (Wildman–Crippen MR) is 100 cm³/mol. The van der Waals surface area contributed by atoms with Gasteiger partial charge in [0.15, 0.2) is 0 Å². The van der Waals surface area contributed by atoms with Crippen LogP contribution in [0.3, 0.4) is 0 Å². The van der Waals surface area contributed by atoms with Crippen LogP contribution in [0.4, 0.5) is 5.69 Å². The van der Waals surface area contributed by atoms with E-state index in [1.54, 1.807) is 19.2 Å². The Morgan fingerprint density at radius 3 is 2.31 bits per heavy atom. The normalized spacial score (nSPS) is 16.3. The summed E-state index contributed by atoms with van der Waals surface area (Å²) >= 11 is 0. The fourth-order valence-electron chi connectivity index (χ4n) is 3.35. The van der Waals surface area contributed by atoms with Gasteiger partial charge in [-0.1, -0.05) is 12.1 Å². The second-order valence-electron chi connectivity index (χ2n) is 6.48. The standard InChI is InChI=1S/C20H24N2O4/c1-14(15-3-6-17(26-2)7-4-15)21-9-11-22(12-10-21)16-5-8-19(23)18(13-16)20(24)25/h3-8,13-14,23H,9-12H2,1-2H3,(H,24,25). The van der Waals surface area contributed by atoms with E-state index >= 15 is 0 Å². The lowest BCUT2D eigenvalue weighted by atomic mass is 10.1. The molecule has 0 radical (unpaired) electrons. The Kier molecular flexibility index (Phi) is 5.32. The van der Waals surface area contributed by atoms with Crippen LogP contribution in [0.25, 0.3) is 0 Å². The average Bonchev–Trinajstić information content (AvgIpc) is 2.68. The Morgan fingerprint density at radius 1 is 1.08 bits per heavy atom. The van der Waals surface area contributed by atoms with Crippen LogP contribution >= 0.6 is 0 Å². The highest BCUT2D eigenvalue weighted by atomic mass is 16.5. The average molecular weight is 356 g/mol. The number of hydrogen-bond donors (Lipinski definition) is 2. The van der Waals surface area contributed by atoms with Crippen molar-refractivity contribution in [1.82, 2.24) is 4.90 Å². The van der Waals surface area contributed by atoms with Crippen molar-refractivity contribution < 1.29 is 19.7 Å². The highest BCUT2D eigenvalue weighted by Crippen LogP contribution is 2.28. The Balaban J connectivity index is 1.65. The molecule has 0 bridgehead atoms. The number of aromatic hydroxyl groups is 1. The minimum atomic E-state index is -1.11. The minimum Gasteiger partial charge on any atom is -0.507 e. The van der Waals surface area contributed by atoms with Gasteiger partial charge in [0.05, 0.1) is 7.11 Å². The van der Waals surface area contributed by atoms with Crippen molar-refractivity contribution in [2.45, 2.75) is 13.0 Å². The van der Waals surface area contributed by atoms with Gasteiger partial charge < -0.3 is 19.8 Å². The monoisotopic (exact) mass is 356 g/mol. The summed E-state index contributed by atoms with van der Waals surface area (Å²) in [5.41, 5.74) is 2.02. The molecule has 1 atom stereocenters. The number of benzene rings is 2. The Bertz CT molecular complexity index is 768. The van der Waals surface area contributed by atoms with Crippen LogP contribution in [0, 0.1) is 0 Å². The number of methoxy groups -OCH3 is 1. The van der Waals surface area contributed by atoms with E-state index in [9.17, 15) is 15.0 Å². The number of ether oxygens (including phenoxy) is 1. The van der Waals surface area contributed by atoms with E-state index in [4.69, 9.17) is 4.74 Å². The van der Waals surface area contributed by atoms with Crippen LogP contribution in [0.15, 0.2) is 42.5 Å². The zero-order chi connectivity index (χ0) is 18.7. The molecule has 0 aliphatic carbocycles. The summed E-state index contributed by atoms with van der Waals surface area (Å²) in [4.78, 5) is 15.8. The van der Waals surface area contributed by atoms with Gasteiger partial charge in [-0.25, -0.2) is 4.79 Å². The molecule has 138 valence electrons. The van der Waals surface area contributed by atoms with Crippen molar-refractivity contribution in [3.8, 4) is 11.5 Å². The molecule has 2 aromatic carbocycles. The first-order valence-electron chi connectivity index (χ1n) is 8.69. The SMILES string of the molecule is COc1ccc(C(C)N2CCN(c3ccc(O)c(C(=O)O)c3)CC2)cc1. The first kappa shape index (κ1) is 18.1. The van der Waals surface area contributed by atoms with Crippen molar-refractivity contribution in [3.05, 3.63) is 53.6 Å². The molecule has 1 aliphatic rings. The second kappa shape index (κ2) is 7.66. The van der Waals surface area contributed by atoms with Crippen LogP contribution in [-0.2, 0) is 0 Å². The van der Waals surface area contributed by atoms with Crippen molar-refractivity contribution in [2.24, 2.45) is 0 Å². The van der Waals surface area contributed by atoms with Crippen molar-refractivity contribution in [1.29, 1.82) is 0 Å². The quantitative estimate of drug-likeness (QED) is 0.858. The highest BCUT2D eigenvalue weighted by molar-refractivity contribution is 5.92. The Hall–Kier alpha value is -2.73. The molecular formula is C20H24N2O4. The first-order chi connectivity index (χ1) is 12.5. The summed E-state index contributed by atoms with van der Waals surface area (Å²) < 4.78 is 5.21. The van der Waals surface area contributed by atoms with E-state index in [0.29, 0.717) is 6.04 Å². The van der Waals surface area contributed by atoms with E-state index in [1.165, 1.54) is 11.6 Å². The third-order valence-corrected chi connectivity index (χ3v) is 5.04. The summed E-state index contributed by atoms with van der Waals surface area (Å²) in [6, 6.07) is 13.2. The number of hydrogen-bond acceptors (Lipinski definition) is 5. The summed E-state index contributed by atoms with van der Waals surface area (Å²) in [6.07, 6.45) is 0. The fourth-order valence-corrected chi connectivity index (χ4v) is 3.35. The van der Waals surface area contributed by atoms with Crippen LogP contribution in [0.2, 0.25) is 0 Å². The molecule has 0 amide bonds. The molecule has 2 N–H and O–H groups in total. The van der Waals surface area contributed by atoms with Gasteiger partial charge in [-0.15, -0.1) is 0 Å². The Labute approximate surface area is 153 Å². The zero-order valence-corrected chi connectivity index (χ0v) is 15.1. The summed E-state index contributed by atoms with van der Waals surface area (Å²) in [5, 5.41) is 18.8. The molecule has 1 unspecified atom stereocenters. The van der Waals surface area contributed by atoms with Crippen LogP contribution in [-0.4, -0.2) is 54.4 Å². The summed E-state index contributed by atoms with van der Waals surface area (Å²) in [6.45, 7) is 5.59. The molecule has 2 aromatic rings. The number of carbonyl (C=O) groups is 1. The molecule has 0 spiro atoms. The van der Waals surface area contributed by atoms with Crippen LogP contribution in [0.5, 0.6) is 11.5 Å². The van der Waals surface area contributed by atoms with Gasteiger partial charge in [-0.05, 0) is 42.8 Å². The maximum atomic E-state index is 11.2. The van der Waals surface area contributed by atoms with E-state index in [1.807, 2.05) is 12.1 Å². The lowest BCUT2D eigenvalue weighted by Gasteiger charge is -2.39. The van der Waals surface area contributed by atoms with Gasteiger partial charge in [0, 0.05) is 37.9 Å². The first-order valence-corrected chi connectivity index (χ1v) is 8.69. The molecule has 1 aliphatic heterocycles. The number of aromatic carboxylic acids is 1. The third kappa shape index (κ3) is 3.75. The van der Waals surface area contributed by atoms with Gasteiger partial charge in [0.1, 0.15) is 17.1 Å². The van der Waals surface area contributed by atoms with Gasteiger partial charge >= 0.3 is 5.97 Å². The number of rotatable bonds is 5. The number of carboxylic acid groups (broad SMARTS) is 1. The maximum Gasteiger partial charge on any atom is 0.339 e. The van der Waals surface area contributed by atoms with Crippen molar-refractivity contribution in [2.75, 3.05) is 38.2 Å². The maximum absolute atomic E-state index is 11.2. The second-order valence-corrected chi connectivity index (χ2v) is 6.48. The molecule has 3 rings (SSSR count). The fraction of sp³-hybridized carbons (Fsp3) is 0.350. The van der Waals surface area contributed by atoms with Crippen molar-refractivity contribution >= 4 is 11.7 Å². The molecule has 6 heteroatoms. The summed E-state index contributed by atoms with van der Waals surface area (Å²) in [7, 11) is 1.66. The topological polar surface area (TPSA) is 73.2 Å². The van der Waals surface area contributed by atoms with Gasteiger partial charge in [0.25, 0.3) is 0 Å².